The number of aliphatic hydroxyl groups is 1. The smallest absolute Gasteiger partial charge is 0.377 e. The number of carbonyl (C=O) groups is 1. The first-order valence-electron chi connectivity index (χ1n) is 5.52. The quantitative estimate of drug-likeness (QED) is 0.734. The minimum absolute atomic E-state index is 0.0956. The highest BCUT2D eigenvalue weighted by atomic mass is 19.3. The lowest BCUT2D eigenvalue weighted by Gasteiger charge is -2.38. The second-order valence-corrected chi connectivity index (χ2v) is 5.50. The number of hydrogen-bond donors (Lipinski definition) is 2. The van der Waals surface area contributed by atoms with Gasteiger partial charge in [0.05, 0.1) is 12.0 Å². The van der Waals surface area contributed by atoms with E-state index < -0.39 is 35.6 Å². The molecule has 0 aliphatic carbocycles. The number of halogens is 2. The van der Waals surface area contributed by atoms with Gasteiger partial charge in [-0.2, -0.15) is 8.78 Å². The molecule has 1 aliphatic heterocycles. The third kappa shape index (κ3) is 3.13. The van der Waals surface area contributed by atoms with Crippen LogP contribution in [0.1, 0.15) is 34.1 Å². The van der Waals surface area contributed by atoms with Crippen LogP contribution in [-0.4, -0.2) is 40.8 Å². The van der Waals surface area contributed by atoms with Gasteiger partial charge < -0.3 is 15.2 Å². The Labute approximate surface area is 99.3 Å². The Balaban J connectivity index is 2.52. The Kier molecular flexibility index (Phi) is 3.51. The van der Waals surface area contributed by atoms with Gasteiger partial charge in [-0.05, 0) is 27.7 Å². The van der Waals surface area contributed by atoms with E-state index >= 15 is 0 Å². The summed E-state index contributed by atoms with van der Waals surface area (Å²) >= 11 is 0. The zero-order valence-electron chi connectivity index (χ0n) is 10.5. The molecule has 1 saturated heterocycles. The molecule has 2 N–H and O–H groups in total. The Morgan fingerprint density at radius 3 is 2.35 bits per heavy atom. The normalized spacial score (nSPS) is 24.9. The van der Waals surface area contributed by atoms with Crippen LogP contribution >= 0.6 is 0 Å². The van der Waals surface area contributed by atoms with Gasteiger partial charge in [-0.1, -0.05) is 0 Å². The van der Waals surface area contributed by atoms with Crippen molar-refractivity contribution < 1.29 is 23.4 Å². The molecule has 0 amide bonds. The predicted molar refractivity (Wildman–Crippen MR) is 57.8 cm³/mol. The first-order chi connectivity index (χ1) is 7.46. The summed E-state index contributed by atoms with van der Waals surface area (Å²) in [6, 6.07) is 0. The van der Waals surface area contributed by atoms with E-state index in [1.54, 1.807) is 27.7 Å². The second kappa shape index (κ2) is 4.17. The van der Waals surface area contributed by atoms with E-state index in [0.29, 0.717) is 0 Å². The first kappa shape index (κ1) is 14.3. The molecule has 6 heteroatoms. The maximum atomic E-state index is 12.9. The highest BCUT2D eigenvalue weighted by Gasteiger charge is 2.51. The number of carbonyl (C=O) groups excluding carboxylic acids is 1. The molecule has 0 saturated carbocycles. The first-order valence-corrected chi connectivity index (χ1v) is 5.52. The topological polar surface area (TPSA) is 58.6 Å². The van der Waals surface area contributed by atoms with Crippen LogP contribution in [0.4, 0.5) is 8.78 Å². The van der Waals surface area contributed by atoms with Gasteiger partial charge in [0.25, 0.3) is 0 Å². The second-order valence-electron chi connectivity index (χ2n) is 5.50. The molecule has 1 atom stereocenters. The Morgan fingerprint density at radius 1 is 1.47 bits per heavy atom. The van der Waals surface area contributed by atoms with Gasteiger partial charge in [0, 0.05) is 12.1 Å². The Hall–Kier alpha value is -0.750. The number of cyclic esters (lactones) is 1. The molecular formula is C11H19F2NO3. The van der Waals surface area contributed by atoms with Crippen molar-refractivity contribution in [3.8, 4) is 0 Å². The van der Waals surface area contributed by atoms with Crippen LogP contribution in [0.25, 0.3) is 0 Å². The zero-order chi connectivity index (χ0) is 13.5. The molecule has 0 aromatic rings. The SMILES string of the molecule is CC(C)(O)C(C)(C)NCC1CC(F)(F)C(=O)O1. The van der Waals surface area contributed by atoms with E-state index in [1.165, 1.54) is 0 Å². The number of alkyl halides is 2. The van der Waals surface area contributed by atoms with Crippen molar-refractivity contribution in [2.75, 3.05) is 6.54 Å². The Bertz CT molecular complexity index is 310. The van der Waals surface area contributed by atoms with Crippen molar-refractivity contribution in [1.29, 1.82) is 0 Å². The third-order valence-corrected chi connectivity index (χ3v) is 3.36. The van der Waals surface area contributed by atoms with Gasteiger partial charge in [-0.25, -0.2) is 4.79 Å². The monoisotopic (exact) mass is 251 g/mol. The number of nitrogens with one attached hydrogen (secondary N) is 1. The highest BCUT2D eigenvalue weighted by molar-refractivity contribution is 5.79. The van der Waals surface area contributed by atoms with Crippen molar-refractivity contribution in [3.63, 3.8) is 0 Å². The van der Waals surface area contributed by atoms with Gasteiger partial charge in [0.15, 0.2) is 0 Å². The molecule has 100 valence electrons. The van der Waals surface area contributed by atoms with Crippen LogP contribution in [0, 0.1) is 0 Å². The van der Waals surface area contributed by atoms with Gasteiger partial charge in [-0.3, -0.25) is 0 Å². The van der Waals surface area contributed by atoms with Crippen molar-refractivity contribution in [3.05, 3.63) is 0 Å². The minimum atomic E-state index is -3.38. The summed E-state index contributed by atoms with van der Waals surface area (Å²) in [5.41, 5.74) is -1.69. The fourth-order valence-corrected chi connectivity index (χ4v) is 1.35. The summed E-state index contributed by atoms with van der Waals surface area (Å²) in [4.78, 5) is 10.8. The fourth-order valence-electron chi connectivity index (χ4n) is 1.35. The van der Waals surface area contributed by atoms with Crippen LogP contribution in [0.2, 0.25) is 0 Å². The summed E-state index contributed by atoms with van der Waals surface area (Å²) < 4.78 is 30.3. The number of rotatable bonds is 4. The molecule has 0 aromatic carbocycles. The minimum Gasteiger partial charge on any atom is -0.456 e. The third-order valence-electron chi connectivity index (χ3n) is 3.36. The number of ether oxygens (including phenoxy) is 1. The Morgan fingerprint density at radius 2 is 2.00 bits per heavy atom. The molecule has 1 aliphatic rings. The molecule has 1 fully saturated rings. The molecule has 0 radical (unpaired) electrons. The number of esters is 1. The van der Waals surface area contributed by atoms with Crippen LogP contribution in [0.3, 0.4) is 0 Å². The maximum absolute atomic E-state index is 12.9. The lowest BCUT2D eigenvalue weighted by Crippen LogP contribution is -2.57. The summed E-state index contributed by atoms with van der Waals surface area (Å²) in [6.45, 7) is 6.84. The molecule has 4 nitrogen and oxygen atoms in total. The number of hydrogen-bond acceptors (Lipinski definition) is 4. The van der Waals surface area contributed by atoms with E-state index in [0.717, 1.165) is 0 Å². The van der Waals surface area contributed by atoms with E-state index in [1.807, 2.05) is 0 Å². The lowest BCUT2D eigenvalue weighted by molar-refractivity contribution is -0.159. The summed E-state index contributed by atoms with van der Waals surface area (Å²) in [5.74, 6) is -4.85. The van der Waals surface area contributed by atoms with Crippen LogP contribution in [0.15, 0.2) is 0 Å². The molecule has 17 heavy (non-hydrogen) atoms. The molecule has 0 bridgehead atoms. The highest BCUT2D eigenvalue weighted by Crippen LogP contribution is 2.31. The fraction of sp³-hybridized carbons (Fsp3) is 0.909. The summed E-state index contributed by atoms with van der Waals surface area (Å²) in [7, 11) is 0. The van der Waals surface area contributed by atoms with E-state index in [-0.39, 0.29) is 6.54 Å². The zero-order valence-corrected chi connectivity index (χ0v) is 10.5. The lowest BCUT2D eigenvalue weighted by atomic mass is 9.86. The van der Waals surface area contributed by atoms with Crippen molar-refractivity contribution >= 4 is 5.97 Å². The van der Waals surface area contributed by atoms with Crippen LogP contribution < -0.4 is 5.32 Å². The van der Waals surface area contributed by atoms with Crippen molar-refractivity contribution in [2.45, 2.75) is 57.3 Å². The molecular weight excluding hydrogens is 232 g/mol. The van der Waals surface area contributed by atoms with Crippen LogP contribution in [-0.2, 0) is 9.53 Å². The maximum Gasteiger partial charge on any atom is 0.377 e. The van der Waals surface area contributed by atoms with Crippen LogP contribution in [0.5, 0.6) is 0 Å². The van der Waals surface area contributed by atoms with Gasteiger partial charge in [0.2, 0.25) is 0 Å². The van der Waals surface area contributed by atoms with E-state index in [2.05, 4.69) is 10.1 Å². The molecule has 1 rings (SSSR count). The standard InChI is InChI=1S/C11H19F2NO3/c1-9(2,10(3,4)16)14-6-7-5-11(12,13)8(15)17-7/h7,14,16H,5-6H2,1-4H3. The molecule has 1 unspecified atom stereocenters. The summed E-state index contributed by atoms with van der Waals surface area (Å²) in [6.07, 6.45) is -1.46. The van der Waals surface area contributed by atoms with Crippen molar-refractivity contribution in [1.82, 2.24) is 5.32 Å². The van der Waals surface area contributed by atoms with Gasteiger partial charge in [-0.15, -0.1) is 0 Å². The predicted octanol–water partition coefficient (Wildman–Crippen LogP) is 1.08. The average Bonchev–Trinajstić information content (AvgIpc) is 2.36. The van der Waals surface area contributed by atoms with Gasteiger partial charge >= 0.3 is 11.9 Å². The molecule has 0 spiro atoms. The van der Waals surface area contributed by atoms with Crippen molar-refractivity contribution in [2.24, 2.45) is 0 Å². The largest absolute Gasteiger partial charge is 0.456 e. The molecule has 0 aromatic heterocycles. The van der Waals surface area contributed by atoms with E-state index in [4.69, 9.17) is 0 Å². The molecule has 1 heterocycles. The van der Waals surface area contributed by atoms with Gasteiger partial charge in [0.1, 0.15) is 6.10 Å². The van der Waals surface area contributed by atoms with E-state index in [9.17, 15) is 18.7 Å². The summed E-state index contributed by atoms with van der Waals surface area (Å²) in [5, 5.41) is 12.8. The average molecular weight is 251 g/mol.